The molecule has 3 heterocycles. The number of carbonyl (C=O) groups is 1. The normalized spacial score (nSPS) is 15.9. The van der Waals surface area contributed by atoms with Gasteiger partial charge in [0.05, 0.1) is 29.8 Å². The minimum absolute atomic E-state index is 0.0226. The van der Waals surface area contributed by atoms with Gasteiger partial charge in [-0.2, -0.15) is 0 Å². The minimum atomic E-state index is -0.677. The number of nitrogens with zero attached hydrogens (tertiary/aromatic N) is 1. The van der Waals surface area contributed by atoms with E-state index in [2.05, 4.69) is 15.9 Å². The van der Waals surface area contributed by atoms with E-state index < -0.39 is 23.2 Å². The molecule has 5 nitrogen and oxygen atoms in total. The number of carbonyl (C=O) groups excluding carboxylic acids is 1. The maximum Gasteiger partial charge on any atom is 0.291 e. The van der Waals surface area contributed by atoms with Crippen LogP contribution in [-0.4, -0.2) is 10.8 Å². The predicted octanol–water partition coefficient (Wildman–Crippen LogP) is 5.03. The van der Waals surface area contributed by atoms with Gasteiger partial charge in [0.1, 0.15) is 17.2 Å². The van der Waals surface area contributed by atoms with Crippen molar-refractivity contribution >= 4 is 32.8 Å². The van der Waals surface area contributed by atoms with Crippen molar-refractivity contribution in [3.05, 3.63) is 104 Å². The van der Waals surface area contributed by atoms with Crippen LogP contribution in [0.25, 0.3) is 11.0 Å². The van der Waals surface area contributed by atoms with E-state index in [0.717, 1.165) is 16.1 Å². The van der Waals surface area contributed by atoms with Crippen LogP contribution >= 0.6 is 15.9 Å². The van der Waals surface area contributed by atoms with E-state index in [1.165, 1.54) is 23.3 Å². The van der Waals surface area contributed by atoms with Crippen molar-refractivity contribution in [2.45, 2.75) is 12.6 Å². The first kappa shape index (κ1) is 17.9. The molecule has 0 aliphatic carbocycles. The number of amides is 1. The van der Waals surface area contributed by atoms with Crippen LogP contribution in [0.2, 0.25) is 0 Å². The van der Waals surface area contributed by atoms with Crippen molar-refractivity contribution in [1.29, 1.82) is 0 Å². The summed E-state index contributed by atoms with van der Waals surface area (Å²) in [6, 6.07) is 13.9. The second kappa shape index (κ2) is 6.70. The summed E-state index contributed by atoms with van der Waals surface area (Å²) in [5.41, 5.74) is 0.705. The highest BCUT2D eigenvalue weighted by Crippen LogP contribution is 2.39. The number of benzene rings is 2. The lowest BCUT2D eigenvalue weighted by Crippen LogP contribution is -2.29. The van der Waals surface area contributed by atoms with Crippen LogP contribution in [0.3, 0.4) is 0 Å². The molecule has 0 radical (unpaired) electrons. The number of fused-ring (bicyclic) bond motifs is 2. The van der Waals surface area contributed by atoms with Gasteiger partial charge in [0.2, 0.25) is 5.76 Å². The lowest BCUT2D eigenvalue weighted by molar-refractivity contribution is 0.0701. The van der Waals surface area contributed by atoms with Crippen LogP contribution in [0.15, 0.2) is 79.0 Å². The Kier molecular flexibility index (Phi) is 4.13. The molecule has 2 aromatic heterocycles. The summed E-state index contributed by atoms with van der Waals surface area (Å²) >= 11 is 3.44. The molecule has 0 N–H and O–H groups in total. The van der Waals surface area contributed by atoms with Crippen LogP contribution in [0, 0.1) is 5.82 Å². The van der Waals surface area contributed by atoms with Crippen LogP contribution in [0.5, 0.6) is 0 Å². The predicted molar refractivity (Wildman–Crippen MR) is 107 cm³/mol. The molecule has 144 valence electrons. The Bertz CT molecular complexity index is 1310. The van der Waals surface area contributed by atoms with Gasteiger partial charge in [0.15, 0.2) is 5.43 Å². The largest absolute Gasteiger partial charge is 0.467 e. The number of furan rings is 1. The fraction of sp³-hybridized carbons (Fsp3) is 0.0909. The van der Waals surface area contributed by atoms with E-state index in [0.29, 0.717) is 5.76 Å². The van der Waals surface area contributed by atoms with E-state index in [4.69, 9.17) is 8.83 Å². The summed E-state index contributed by atoms with van der Waals surface area (Å²) in [7, 11) is 0. The van der Waals surface area contributed by atoms with Gasteiger partial charge in [-0.1, -0.05) is 28.1 Å². The maximum absolute atomic E-state index is 13.8. The van der Waals surface area contributed by atoms with Crippen molar-refractivity contribution < 1.29 is 18.0 Å². The zero-order valence-electron chi connectivity index (χ0n) is 14.9. The molecule has 0 unspecified atom stereocenters. The summed E-state index contributed by atoms with van der Waals surface area (Å²) in [6.07, 6.45) is 1.53. The van der Waals surface area contributed by atoms with Crippen molar-refractivity contribution in [3.63, 3.8) is 0 Å². The van der Waals surface area contributed by atoms with Crippen LogP contribution in [-0.2, 0) is 6.54 Å². The Hall–Kier alpha value is -3.19. The molecule has 0 saturated heterocycles. The fourth-order valence-corrected chi connectivity index (χ4v) is 4.17. The molecule has 7 heteroatoms. The summed E-state index contributed by atoms with van der Waals surface area (Å²) in [4.78, 5) is 28.0. The van der Waals surface area contributed by atoms with Gasteiger partial charge in [0.25, 0.3) is 5.91 Å². The average Bonchev–Trinajstić information content (AvgIpc) is 3.31. The fourth-order valence-electron chi connectivity index (χ4n) is 3.75. The Balaban J connectivity index is 1.77. The van der Waals surface area contributed by atoms with Gasteiger partial charge in [-0.05, 0) is 48.0 Å². The van der Waals surface area contributed by atoms with Crippen LogP contribution < -0.4 is 5.43 Å². The Morgan fingerprint density at radius 3 is 2.69 bits per heavy atom. The van der Waals surface area contributed by atoms with Crippen molar-refractivity contribution in [2.24, 2.45) is 0 Å². The standard InChI is InChI=1S/C22H13BrFNO4/c23-13-4-1-3-12(9-13)19-18-20(26)16-10-14(24)6-7-17(16)29-21(18)22(27)25(19)11-15-5-2-8-28-15/h1-10,19H,11H2/t19-/m0/s1. The molecule has 1 aliphatic heterocycles. The number of hydrogen-bond acceptors (Lipinski definition) is 4. The van der Waals surface area contributed by atoms with Crippen molar-refractivity contribution in [1.82, 2.24) is 4.90 Å². The van der Waals surface area contributed by atoms with E-state index in [-0.39, 0.29) is 28.8 Å². The third kappa shape index (κ3) is 2.89. The molecule has 0 bridgehead atoms. The van der Waals surface area contributed by atoms with Gasteiger partial charge in [0, 0.05) is 4.47 Å². The van der Waals surface area contributed by atoms with Crippen LogP contribution in [0.1, 0.15) is 33.5 Å². The Labute approximate surface area is 172 Å². The summed E-state index contributed by atoms with van der Waals surface area (Å²) in [5, 5.41) is 0.108. The molecule has 1 amide bonds. The minimum Gasteiger partial charge on any atom is -0.467 e. The van der Waals surface area contributed by atoms with Crippen molar-refractivity contribution in [2.75, 3.05) is 0 Å². The van der Waals surface area contributed by atoms with Crippen molar-refractivity contribution in [3.8, 4) is 0 Å². The van der Waals surface area contributed by atoms with Gasteiger partial charge >= 0.3 is 0 Å². The summed E-state index contributed by atoms with van der Waals surface area (Å²) in [5.74, 6) is -0.398. The molecule has 5 rings (SSSR count). The second-order valence-electron chi connectivity index (χ2n) is 6.78. The highest BCUT2D eigenvalue weighted by molar-refractivity contribution is 9.10. The van der Waals surface area contributed by atoms with E-state index in [1.807, 2.05) is 24.3 Å². The molecule has 29 heavy (non-hydrogen) atoms. The van der Waals surface area contributed by atoms with Gasteiger partial charge in [-0.3, -0.25) is 9.59 Å². The second-order valence-corrected chi connectivity index (χ2v) is 7.70. The highest BCUT2D eigenvalue weighted by atomic mass is 79.9. The first-order chi connectivity index (χ1) is 14.0. The molecule has 0 saturated carbocycles. The number of hydrogen-bond donors (Lipinski definition) is 0. The van der Waals surface area contributed by atoms with Gasteiger partial charge in [-0.25, -0.2) is 4.39 Å². The highest BCUT2D eigenvalue weighted by Gasteiger charge is 2.43. The summed E-state index contributed by atoms with van der Waals surface area (Å²) in [6.45, 7) is 0.164. The molecule has 1 aliphatic rings. The lowest BCUT2D eigenvalue weighted by atomic mass is 9.98. The van der Waals surface area contributed by atoms with E-state index in [1.54, 1.807) is 12.1 Å². The molecular weight excluding hydrogens is 441 g/mol. The van der Waals surface area contributed by atoms with Gasteiger partial charge < -0.3 is 13.7 Å². The molecule has 4 aromatic rings. The van der Waals surface area contributed by atoms with Crippen LogP contribution in [0.4, 0.5) is 4.39 Å². The molecule has 1 atom stereocenters. The average molecular weight is 454 g/mol. The molecule has 0 fully saturated rings. The first-order valence-corrected chi connectivity index (χ1v) is 9.67. The topological polar surface area (TPSA) is 63.7 Å². The first-order valence-electron chi connectivity index (χ1n) is 8.88. The number of halogens is 2. The SMILES string of the molecule is O=C1c2oc3ccc(F)cc3c(=O)c2[C@H](c2cccc(Br)c2)N1Cc1ccco1. The Morgan fingerprint density at radius 1 is 1.07 bits per heavy atom. The molecule has 2 aromatic carbocycles. The smallest absolute Gasteiger partial charge is 0.291 e. The lowest BCUT2D eigenvalue weighted by Gasteiger charge is -2.24. The third-order valence-corrected chi connectivity index (χ3v) is 5.49. The molecular formula is C22H13BrFNO4. The quantitative estimate of drug-likeness (QED) is 0.436. The zero-order chi connectivity index (χ0) is 20.1. The third-order valence-electron chi connectivity index (χ3n) is 5.00. The Morgan fingerprint density at radius 2 is 1.93 bits per heavy atom. The number of rotatable bonds is 3. The monoisotopic (exact) mass is 453 g/mol. The zero-order valence-corrected chi connectivity index (χ0v) is 16.5. The molecule has 0 spiro atoms. The van der Waals surface area contributed by atoms with E-state index >= 15 is 0 Å². The maximum atomic E-state index is 13.8. The van der Waals surface area contributed by atoms with Gasteiger partial charge in [-0.15, -0.1) is 0 Å². The summed E-state index contributed by atoms with van der Waals surface area (Å²) < 4.78 is 25.8. The van der Waals surface area contributed by atoms with E-state index in [9.17, 15) is 14.0 Å².